The van der Waals surface area contributed by atoms with Crippen molar-refractivity contribution in [3.05, 3.63) is 11.6 Å². The summed E-state index contributed by atoms with van der Waals surface area (Å²) in [6.45, 7) is 7.09. The fourth-order valence-corrected chi connectivity index (χ4v) is 2.05. The minimum atomic E-state index is -1.34. The van der Waals surface area contributed by atoms with Gasteiger partial charge in [-0.15, -0.1) is 0 Å². The first kappa shape index (κ1) is 17.1. The molecule has 0 aromatic carbocycles. The summed E-state index contributed by atoms with van der Waals surface area (Å²) in [7, 11) is 0. The predicted molar refractivity (Wildman–Crippen MR) is 71.9 cm³/mol. The van der Waals surface area contributed by atoms with Crippen molar-refractivity contribution in [2.24, 2.45) is 5.92 Å². The van der Waals surface area contributed by atoms with Gasteiger partial charge in [0.25, 0.3) is 0 Å². The third-order valence-electron chi connectivity index (χ3n) is 3.47. The van der Waals surface area contributed by atoms with E-state index in [1.165, 1.54) is 0 Å². The molecule has 0 spiro atoms. The molecule has 0 bridgehead atoms. The lowest BCUT2D eigenvalue weighted by Gasteiger charge is -2.41. The number of carbonyl (C=O) groups is 1. The third-order valence-corrected chi connectivity index (χ3v) is 3.47. The molecule has 1 saturated heterocycles. The molecule has 0 aromatic heterocycles. The summed E-state index contributed by atoms with van der Waals surface area (Å²) < 4.78 is 10.5. The molecule has 2 unspecified atom stereocenters. The first-order valence-electron chi connectivity index (χ1n) is 6.75. The third kappa shape index (κ3) is 4.02. The van der Waals surface area contributed by atoms with E-state index in [0.29, 0.717) is 0 Å². The molecule has 0 saturated carbocycles. The largest absolute Gasteiger partial charge is 0.461 e. The van der Waals surface area contributed by atoms with E-state index in [-0.39, 0.29) is 6.61 Å². The van der Waals surface area contributed by atoms with Crippen LogP contribution in [-0.4, -0.2) is 58.4 Å². The van der Waals surface area contributed by atoms with Crippen molar-refractivity contribution in [2.75, 3.05) is 6.61 Å². The van der Waals surface area contributed by atoms with Gasteiger partial charge in [0.05, 0.1) is 18.1 Å². The Labute approximate surface area is 119 Å². The summed E-state index contributed by atoms with van der Waals surface area (Å²) in [4.78, 5) is 11.9. The van der Waals surface area contributed by atoms with Crippen LogP contribution in [-0.2, 0) is 14.3 Å². The maximum atomic E-state index is 11.9. The van der Waals surface area contributed by atoms with Crippen molar-refractivity contribution < 1.29 is 29.6 Å². The average molecular weight is 288 g/mol. The van der Waals surface area contributed by atoms with Crippen LogP contribution < -0.4 is 0 Å². The van der Waals surface area contributed by atoms with Crippen LogP contribution in [0.1, 0.15) is 27.7 Å². The predicted octanol–water partition coefficient (Wildman–Crippen LogP) is 0.00190. The minimum absolute atomic E-state index is 0.162. The molecular weight excluding hydrogens is 264 g/mol. The number of allylic oxidation sites excluding steroid dienone is 1. The van der Waals surface area contributed by atoms with Crippen molar-refractivity contribution in [2.45, 2.75) is 58.2 Å². The lowest BCUT2D eigenvalue weighted by atomic mass is 9.89. The Hall–Kier alpha value is -0.950. The van der Waals surface area contributed by atoms with Crippen LogP contribution in [0.3, 0.4) is 0 Å². The number of rotatable bonds is 4. The molecule has 6 heteroatoms. The Balaban J connectivity index is 2.63. The molecule has 0 radical (unpaired) electrons. The van der Waals surface area contributed by atoms with Gasteiger partial charge in [0.2, 0.25) is 0 Å². The number of ether oxygens (including phenoxy) is 2. The molecule has 1 aliphatic rings. The van der Waals surface area contributed by atoms with E-state index in [2.05, 4.69) is 0 Å². The van der Waals surface area contributed by atoms with Gasteiger partial charge in [-0.05, 0) is 33.8 Å². The van der Waals surface area contributed by atoms with E-state index < -0.39 is 42.4 Å². The van der Waals surface area contributed by atoms with Gasteiger partial charge in [0, 0.05) is 0 Å². The second kappa shape index (κ2) is 7.17. The zero-order valence-corrected chi connectivity index (χ0v) is 12.3. The van der Waals surface area contributed by atoms with E-state index in [0.717, 1.165) is 5.57 Å². The van der Waals surface area contributed by atoms with E-state index in [1.54, 1.807) is 19.9 Å². The molecule has 1 heterocycles. The van der Waals surface area contributed by atoms with Gasteiger partial charge in [-0.25, -0.2) is 0 Å². The van der Waals surface area contributed by atoms with Crippen LogP contribution in [0.2, 0.25) is 0 Å². The van der Waals surface area contributed by atoms with Gasteiger partial charge in [0.15, 0.2) is 0 Å². The number of hydrogen-bond acceptors (Lipinski definition) is 6. The highest BCUT2D eigenvalue weighted by atomic mass is 16.6. The highest BCUT2D eigenvalue weighted by Crippen LogP contribution is 2.26. The van der Waals surface area contributed by atoms with Gasteiger partial charge in [-0.3, -0.25) is 4.79 Å². The zero-order chi connectivity index (χ0) is 15.4. The quantitative estimate of drug-likeness (QED) is 0.498. The number of aliphatic hydroxyl groups excluding tert-OH is 3. The Morgan fingerprint density at radius 2 is 1.85 bits per heavy atom. The molecule has 20 heavy (non-hydrogen) atoms. The molecule has 6 nitrogen and oxygen atoms in total. The smallest absolute Gasteiger partial charge is 0.311 e. The second-order valence-corrected chi connectivity index (χ2v) is 5.48. The van der Waals surface area contributed by atoms with Crippen LogP contribution >= 0.6 is 0 Å². The molecular formula is C14H24O6. The van der Waals surface area contributed by atoms with E-state index >= 15 is 0 Å². The minimum Gasteiger partial charge on any atom is -0.461 e. The lowest BCUT2D eigenvalue weighted by Crippen LogP contribution is -2.59. The molecule has 0 amide bonds. The fourth-order valence-electron chi connectivity index (χ4n) is 2.05. The van der Waals surface area contributed by atoms with Crippen LogP contribution in [0.5, 0.6) is 0 Å². The van der Waals surface area contributed by atoms with Crippen molar-refractivity contribution in [3.8, 4) is 0 Å². The van der Waals surface area contributed by atoms with Gasteiger partial charge >= 0.3 is 5.97 Å². The highest BCUT2D eigenvalue weighted by molar-refractivity contribution is 5.73. The molecule has 1 fully saturated rings. The highest BCUT2D eigenvalue weighted by Gasteiger charge is 2.45. The van der Waals surface area contributed by atoms with Crippen LogP contribution in [0.15, 0.2) is 11.6 Å². The molecule has 116 valence electrons. The second-order valence-electron chi connectivity index (χ2n) is 5.48. The van der Waals surface area contributed by atoms with Crippen molar-refractivity contribution >= 4 is 5.97 Å². The van der Waals surface area contributed by atoms with Crippen molar-refractivity contribution in [1.29, 1.82) is 0 Å². The van der Waals surface area contributed by atoms with Crippen LogP contribution in [0.25, 0.3) is 0 Å². The molecule has 1 aliphatic heterocycles. The number of aliphatic hydroxyl groups is 3. The van der Waals surface area contributed by atoms with Crippen molar-refractivity contribution in [1.82, 2.24) is 0 Å². The van der Waals surface area contributed by atoms with Gasteiger partial charge in [-0.1, -0.05) is 5.57 Å². The lowest BCUT2D eigenvalue weighted by molar-refractivity contribution is -0.230. The average Bonchev–Trinajstić information content (AvgIpc) is 2.39. The van der Waals surface area contributed by atoms with E-state index in [4.69, 9.17) is 9.47 Å². The first-order valence-corrected chi connectivity index (χ1v) is 6.75. The number of esters is 1. The first-order chi connectivity index (χ1) is 9.25. The summed E-state index contributed by atoms with van der Waals surface area (Å²) in [5, 5.41) is 29.2. The topological polar surface area (TPSA) is 96.2 Å². The van der Waals surface area contributed by atoms with Crippen LogP contribution in [0, 0.1) is 5.92 Å². The summed E-state index contributed by atoms with van der Waals surface area (Å²) in [5.74, 6) is -1.25. The molecule has 0 aliphatic carbocycles. The van der Waals surface area contributed by atoms with Gasteiger partial charge < -0.3 is 24.8 Å². The normalized spacial score (nSPS) is 35.2. The molecule has 1 rings (SSSR count). The zero-order valence-electron chi connectivity index (χ0n) is 12.3. The summed E-state index contributed by atoms with van der Waals surface area (Å²) in [6, 6.07) is 0. The number of carbonyl (C=O) groups excluding carboxylic acids is 1. The van der Waals surface area contributed by atoms with Crippen LogP contribution in [0.4, 0.5) is 0 Å². The number of hydrogen-bond donors (Lipinski definition) is 3. The summed E-state index contributed by atoms with van der Waals surface area (Å²) in [5.41, 5.74) is 1.03. The molecule has 3 N–H and O–H groups in total. The molecule has 0 aromatic rings. The van der Waals surface area contributed by atoms with Gasteiger partial charge in [0.1, 0.15) is 24.9 Å². The maximum absolute atomic E-state index is 11.9. The maximum Gasteiger partial charge on any atom is 0.311 e. The van der Waals surface area contributed by atoms with Crippen molar-refractivity contribution in [3.63, 3.8) is 0 Å². The SMILES string of the molecule is CC(C)=CCOC(=O)C(C)C1O[C@@H](C)[C@H](O)[C@@H](O)[C@H]1O. The summed E-state index contributed by atoms with van der Waals surface area (Å²) >= 11 is 0. The molecule has 6 atom stereocenters. The Kier molecular flexibility index (Phi) is 6.13. The standard InChI is InChI=1S/C14H24O6/c1-7(2)5-6-19-14(18)8(3)13-12(17)11(16)10(15)9(4)20-13/h5,8-13,15-17H,6H2,1-4H3/t8?,9-,10-,11+,12+,13?/m0/s1. The van der Waals surface area contributed by atoms with Gasteiger partial charge in [-0.2, -0.15) is 0 Å². The fraction of sp³-hybridized carbons (Fsp3) is 0.786. The van der Waals surface area contributed by atoms with E-state index in [1.807, 2.05) is 13.8 Å². The monoisotopic (exact) mass is 288 g/mol. The summed E-state index contributed by atoms with van der Waals surface area (Å²) in [6.07, 6.45) is -3.63. The Bertz CT molecular complexity index is 363. The van der Waals surface area contributed by atoms with E-state index in [9.17, 15) is 20.1 Å². The Morgan fingerprint density at radius 3 is 2.40 bits per heavy atom. The Morgan fingerprint density at radius 1 is 1.25 bits per heavy atom.